The number of nitrogens with one attached hydrogen (secondary N) is 1. The predicted octanol–water partition coefficient (Wildman–Crippen LogP) is -0.155. The van der Waals surface area contributed by atoms with Crippen molar-refractivity contribution in [2.45, 2.75) is 19.4 Å². The Bertz CT molecular complexity index is 419. The van der Waals surface area contributed by atoms with Crippen LogP contribution < -0.4 is 0 Å². The van der Waals surface area contributed by atoms with Crippen LogP contribution in [0.25, 0.3) is 0 Å². The topological polar surface area (TPSA) is 86.3 Å². The summed E-state index contributed by atoms with van der Waals surface area (Å²) in [5, 5.41) is 9.00. The van der Waals surface area contributed by atoms with Crippen LogP contribution in [0.5, 0.6) is 0 Å². The van der Waals surface area contributed by atoms with Gasteiger partial charge in [-0.3, -0.25) is 9.69 Å². The molecule has 6 heteroatoms. The van der Waals surface area contributed by atoms with Gasteiger partial charge in [-0.1, -0.05) is 6.42 Å². The number of aromatic amines is 1. The Morgan fingerprint density at radius 1 is 1.75 bits per heavy atom. The van der Waals surface area contributed by atoms with Crippen LogP contribution in [0.1, 0.15) is 12.6 Å². The number of aromatic nitrogens is 2. The predicted molar refractivity (Wildman–Crippen MR) is 55.1 cm³/mol. The van der Waals surface area contributed by atoms with Gasteiger partial charge in [0.1, 0.15) is 6.04 Å². The van der Waals surface area contributed by atoms with E-state index in [1.165, 1.54) is 19.4 Å². The van der Waals surface area contributed by atoms with Crippen molar-refractivity contribution < 1.29 is 14.7 Å². The number of carboxylic acids is 1. The van der Waals surface area contributed by atoms with Gasteiger partial charge in [-0.05, 0) is 0 Å². The average Bonchev–Trinajstić information content (AvgIpc) is 2.69. The molecule has 0 aliphatic carbocycles. The summed E-state index contributed by atoms with van der Waals surface area (Å²) in [5.74, 6) is -1.63. The third kappa shape index (κ3) is 2.60. The minimum absolute atomic E-state index is 0.0963. The zero-order valence-corrected chi connectivity index (χ0v) is 8.67. The Balaban J connectivity index is 2.87. The molecule has 1 unspecified atom stereocenters. The number of carbonyl (C=O) groups is 2. The number of hydrogen-bond donors (Lipinski definition) is 2. The van der Waals surface area contributed by atoms with E-state index >= 15 is 0 Å². The minimum atomic E-state index is -1.15. The van der Waals surface area contributed by atoms with E-state index in [9.17, 15) is 9.59 Å². The standard InChI is InChI=1S/C10H11N3O3/c1-3-13(7(2)14)9(10(15)16)4-8-5-11-6-12-8/h1,5-6,9H,4H2,2H3,(H,11,12)(H,15,16). The molecule has 1 atom stereocenters. The monoisotopic (exact) mass is 221 g/mol. The number of imidazole rings is 1. The molecule has 0 bridgehead atoms. The number of nitrogens with zero attached hydrogens (tertiary/aromatic N) is 2. The second-order valence-electron chi connectivity index (χ2n) is 3.15. The Morgan fingerprint density at radius 2 is 2.44 bits per heavy atom. The van der Waals surface area contributed by atoms with Crippen molar-refractivity contribution in [1.29, 1.82) is 0 Å². The van der Waals surface area contributed by atoms with E-state index < -0.39 is 17.9 Å². The molecule has 0 saturated carbocycles. The normalized spacial score (nSPS) is 11.5. The van der Waals surface area contributed by atoms with E-state index in [0.717, 1.165) is 4.90 Å². The Kier molecular flexibility index (Phi) is 3.67. The van der Waals surface area contributed by atoms with Crippen molar-refractivity contribution in [3.63, 3.8) is 0 Å². The molecule has 0 aliphatic rings. The zero-order valence-electron chi connectivity index (χ0n) is 8.67. The summed E-state index contributed by atoms with van der Waals surface area (Å²) in [6.07, 6.45) is 8.13. The van der Waals surface area contributed by atoms with E-state index in [0.29, 0.717) is 5.69 Å². The second-order valence-corrected chi connectivity index (χ2v) is 3.15. The summed E-state index contributed by atoms with van der Waals surface area (Å²) in [5.41, 5.74) is 0.605. The van der Waals surface area contributed by atoms with Crippen molar-refractivity contribution in [1.82, 2.24) is 14.9 Å². The van der Waals surface area contributed by atoms with Crippen LogP contribution >= 0.6 is 0 Å². The van der Waals surface area contributed by atoms with Gasteiger partial charge in [0.05, 0.1) is 6.33 Å². The van der Waals surface area contributed by atoms with Crippen LogP contribution in [0, 0.1) is 12.5 Å². The molecule has 1 amide bonds. The number of amides is 1. The number of carboxylic acid groups (broad SMARTS) is 1. The average molecular weight is 221 g/mol. The van der Waals surface area contributed by atoms with Gasteiger partial charge >= 0.3 is 5.97 Å². The fourth-order valence-corrected chi connectivity index (χ4v) is 1.29. The van der Waals surface area contributed by atoms with Crippen LogP contribution in [-0.4, -0.2) is 37.9 Å². The Hall–Kier alpha value is -2.29. The van der Waals surface area contributed by atoms with E-state index in [2.05, 4.69) is 16.0 Å². The maximum Gasteiger partial charge on any atom is 0.328 e. The summed E-state index contributed by atoms with van der Waals surface area (Å²) in [4.78, 5) is 29.5. The van der Waals surface area contributed by atoms with Crippen LogP contribution in [0.4, 0.5) is 0 Å². The largest absolute Gasteiger partial charge is 0.480 e. The van der Waals surface area contributed by atoms with Crippen molar-refractivity contribution in [3.8, 4) is 12.5 Å². The molecule has 16 heavy (non-hydrogen) atoms. The molecular formula is C10H11N3O3. The number of rotatable bonds is 4. The van der Waals surface area contributed by atoms with Gasteiger partial charge < -0.3 is 10.1 Å². The summed E-state index contributed by atoms with van der Waals surface area (Å²) < 4.78 is 0. The first kappa shape index (κ1) is 11.8. The lowest BCUT2D eigenvalue weighted by molar-refractivity contribution is -0.146. The lowest BCUT2D eigenvalue weighted by atomic mass is 10.1. The van der Waals surface area contributed by atoms with E-state index in [4.69, 9.17) is 11.5 Å². The lowest BCUT2D eigenvalue weighted by Gasteiger charge is -2.21. The smallest absolute Gasteiger partial charge is 0.328 e. The summed E-state index contributed by atoms with van der Waals surface area (Å²) >= 11 is 0. The molecule has 0 aliphatic heterocycles. The van der Waals surface area contributed by atoms with E-state index in [1.807, 2.05) is 0 Å². The molecule has 0 saturated heterocycles. The third-order valence-corrected chi connectivity index (χ3v) is 2.04. The molecule has 1 aromatic rings. The first-order valence-corrected chi connectivity index (χ1v) is 4.52. The van der Waals surface area contributed by atoms with Gasteiger partial charge in [0.2, 0.25) is 5.91 Å². The molecule has 0 aromatic carbocycles. The maximum atomic E-state index is 11.1. The van der Waals surface area contributed by atoms with Crippen molar-refractivity contribution in [2.24, 2.45) is 0 Å². The first-order valence-electron chi connectivity index (χ1n) is 4.52. The van der Waals surface area contributed by atoms with Gasteiger partial charge in [-0.15, -0.1) is 0 Å². The van der Waals surface area contributed by atoms with Crippen LogP contribution in [0.15, 0.2) is 12.5 Å². The van der Waals surface area contributed by atoms with Gasteiger partial charge in [-0.2, -0.15) is 0 Å². The zero-order chi connectivity index (χ0) is 12.1. The number of aliphatic carboxylic acids is 1. The lowest BCUT2D eigenvalue weighted by Crippen LogP contribution is -2.42. The number of terminal acetylenes is 1. The highest BCUT2D eigenvalue weighted by Crippen LogP contribution is 2.06. The maximum absolute atomic E-state index is 11.1. The van der Waals surface area contributed by atoms with Gasteiger partial charge in [-0.25, -0.2) is 9.78 Å². The molecule has 0 spiro atoms. The molecule has 84 valence electrons. The van der Waals surface area contributed by atoms with Crippen molar-refractivity contribution in [2.75, 3.05) is 0 Å². The highest BCUT2D eigenvalue weighted by molar-refractivity contribution is 5.83. The second kappa shape index (κ2) is 4.98. The highest BCUT2D eigenvalue weighted by atomic mass is 16.4. The summed E-state index contributed by atoms with van der Waals surface area (Å²) in [6, 6.07) is 0.983. The van der Waals surface area contributed by atoms with Crippen LogP contribution in [0.3, 0.4) is 0 Å². The molecule has 1 rings (SSSR count). The fraction of sp³-hybridized carbons (Fsp3) is 0.300. The van der Waals surface area contributed by atoms with Gasteiger partial charge in [0, 0.05) is 31.3 Å². The Labute approximate surface area is 92.3 Å². The molecule has 0 radical (unpaired) electrons. The van der Waals surface area contributed by atoms with Crippen LogP contribution in [0.2, 0.25) is 0 Å². The summed E-state index contributed by atoms with van der Waals surface area (Å²) in [7, 11) is 0. The molecule has 6 nitrogen and oxygen atoms in total. The number of hydrogen-bond acceptors (Lipinski definition) is 3. The van der Waals surface area contributed by atoms with E-state index in [1.54, 1.807) is 0 Å². The van der Waals surface area contributed by atoms with Gasteiger partial charge in [0.15, 0.2) is 0 Å². The minimum Gasteiger partial charge on any atom is -0.480 e. The molecule has 1 aromatic heterocycles. The summed E-state index contributed by atoms with van der Waals surface area (Å²) in [6.45, 7) is 1.22. The third-order valence-electron chi connectivity index (χ3n) is 2.04. The highest BCUT2D eigenvalue weighted by Gasteiger charge is 2.27. The number of H-pyrrole nitrogens is 1. The van der Waals surface area contributed by atoms with E-state index in [-0.39, 0.29) is 6.42 Å². The molecule has 1 heterocycles. The molecule has 0 fully saturated rings. The van der Waals surface area contributed by atoms with Crippen LogP contribution in [-0.2, 0) is 16.0 Å². The first-order chi connectivity index (χ1) is 7.56. The molecule has 2 N–H and O–H groups in total. The van der Waals surface area contributed by atoms with Crippen molar-refractivity contribution >= 4 is 11.9 Å². The van der Waals surface area contributed by atoms with Gasteiger partial charge in [0.25, 0.3) is 0 Å². The molecular weight excluding hydrogens is 210 g/mol. The SMILES string of the molecule is C#CN(C(C)=O)C(Cc1cnc[nH]1)C(=O)O. The quantitative estimate of drug-likeness (QED) is 0.546. The number of carbonyl (C=O) groups excluding carboxylic acids is 1. The van der Waals surface area contributed by atoms with Crippen molar-refractivity contribution in [3.05, 3.63) is 18.2 Å². The fourth-order valence-electron chi connectivity index (χ4n) is 1.29. The Morgan fingerprint density at radius 3 is 2.81 bits per heavy atom.